The summed E-state index contributed by atoms with van der Waals surface area (Å²) in [5.41, 5.74) is 5.75. The maximum absolute atomic E-state index is 11.9. The van der Waals surface area contributed by atoms with Gasteiger partial charge < -0.3 is 15.7 Å². The second-order valence-electron chi connectivity index (χ2n) is 4.83. The predicted octanol–water partition coefficient (Wildman–Crippen LogP) is 0.293. The summed E-state index contributed by atoms with van der Waals surface area (Å²) in [4.78, 5) is 24.0. The minimum atomic E-state index is -0.982. The van der Waals surface area contributed by atoms with E-state index in [0.717, 1.165) is 12.8 Å². The highest BCUT2D eigenvalue weighted by Gasteiger charge is 2.30. The third kappa shape index (κ3) is 3.81. The number of aliphatic carboxylic acids is 1. The molecule has 0 aromatic rings. The quantitative estimate of drug-likeness (QED) is 0.684. The Morgan fingerprint density at radius 3 is 2.38 bits per heavy atom. The van der Waals surface area contributed by atoms with Crippen LogP contribution in [0.4, 0.5) is 0 Å². The van der Waals surface area contributed by atoms with Gasteiger partial charge in [0.2, 0.25) is 5.91 Å². The van der Waals surface area contributed by atoms with E-state index < -0.39 is 12.0 Å². The SMILES string of the molecule is CC(C)[C@@H](N)C(=O)N(CC(=O)O)CC1CC1. The van der Waals surface area contributed by atoms with Crippen molar-refractivity contribution in [2.75, 3.05) is 13.1 Å². The van der Waals surface area contributed by atoms with Crippen LogP contribution in [-0.2, 0) is 9.59 Å². The number of nitrogens with two attached hydrogens (primary N) is 1. The van der Waals surface area contributed by atoms with E-state index in [1.54, 1.807) is 0 Å². The molecule has 0 aromatic heterocycles. The van der Waals surface area contributed by atoms with Crippen molar-refractivity contribution in [1.82, 2.24) is 4.90 Å². The van der Waals surface area contributed by atoms with E-state index in [1.807, 2.05) is 13.8 Å². The van der Waals surface area contributed by atoms with Crippen molar-refractivity contribution in [3.63, 3.8) is 0 Å². The molecule has 0 heterocycles. The van der Waals surface area contributed by atoms with E-state index in [2.05, 4.69) is 0 Å². The average Bonchev–Trinajstić information content (AvgIpc) is 2.97. The van der Waals surface area contributed by atoms with Gasteiger partial charge in [0.25, 0.3) is 0 Å². The molecule has 5 heteroatoms. The van der Waals surface area contributed by atoms with Crippen LogP contribution in [0.2, 0.25) is 0 Å². The summed E-state index contributed by atoms with van der Waals surface area (Å²) in [6, 6.07) is -0.599. The molecule has 0 bridgehead atoms. The molecular formula is C11H20N2O3. The molecule has 1 amide bonds. The second kappa shape index (κ2) is 5.30. The Kier molecular flexibility index (Phi) is 4.29. The summed E-state index contributed by atoms with van der Waals surface area (Å²) in [5.74, 6) is -0.722. The predicted molar refractivity (Wildman–Crippen MR) is 59.8 cm³/mol. The number of carbonyl (C=O) groups excluding carboxylic acids is 1. The molecule has 1 saturated carbocycles. The second-order valence-corrected chi connectivity index (χ2v) is 4.83. The van der Waals surface area contributed by atoms with Crippen LogP contribution in [-0.4, -0.2) is 41.0 Å². The minimum Gasteiger partial charge on any atom is -0.480 e. The summed E-state index contributed by atoms with van der Waals surface area (Å²) in [7, 11) is 0. The van der Waals surface area contributed by atoms with Crippen LogP contribution < -0.4 is 5.73 Å². The van der Waals surface area contributed by atoms with Crippen molar-refractivity contribution in [2.24, 2.45) is 17.6 Å². The number of nitrogens with zero attached hydrogens (tertiary/aromatic N) is 1. The van der Waals surface area contributed by atoms with Gasteiger partial charge in [0.15, 0.2) is 0 Å². The van der Waals surface area contributed by atoms with Crippen molar-refractivity contribution in [1.29, 1.82) is 0 Å². The zero-order valence-electron chi connectivity index (χ0n) is 9.85. The van der Waals surface area contributed by atoms with Crippen LogP contribution in [0.15, 0.2) is 0 Å². The largest absolute Gasteiger partial charge is 0.480 e. The number of amides is 1. The summed E-state index contributed by atoms with van der Waals surface area (Å²) in [6.45, 7) is 4.01. The van der Waals surface area contributed by atoms with E-state index in [4.69, 9.17) is 10.8 Å². The van der Waals surface area contributed by atoms with Crippen LogP contribution in [0.25, 0.3) is 0 Å². The molecular weight excluding hydrogens is 208 g/mol. The molecule has 1 rings (SSSR count). The van der Waals surface area contributed by atoms with Crippen LogP contribution in [0.1, 0.15) is 26.7 Å². The number of carboxylic acid groups (broad SMARTS) is 1. The molecule has 0 aliphatic heterocycles. The third-order valence-electron chi connectivity index (χ3n) is 2.82. The van der Waals surface area contributed by atoms with Gasteiger partial charge in [0.05, 0.1) is 6.04 Å². The summed E-state index contributed by atoms with van der Waals surface area (Å²) < 4.78 is 0. The Bertz CT molecular complexity index is 274. The first-order valence-corrected chi connectivity index (χ1v) is 5.68. The number of carbonyl (C=O) groups is 2. The van der Waals surface area contributed by atoms with E-state index in [-0.39, 0.29) is 18.4 Å². The molecule has 16 heavy (non-hydrogen) atoms. The number of hydrogen-bond acceptors (Lipinski definition) is 3. The molecule has 0 spiro atoms. The van der Waals surface area contributed by atoms with Crippen LogP contribution in [0.5, 0.6) is 0 Å². The topological polar surface area (TPSA) is 83.6 Å². The Morgan fingerprint density at radius 2 is 2.00 bits per heavy atom. The first kappa shape index (κ1) is 13.0. The van der Waals surface area contributed by atoms with Gasteiger partial charge in [-0.3, -0.25) is 9.59 Å². The molecule has 0 saturated heterocycles. The van der Waals surface area contributed by atoms with Gasteiger partial charge in [0, 0.05) is 6.54 Å². The third-order valence-corrected chi connectivity index (χ3v) is 2.82. The molecule has 0 radical (unpaired) electrons. The molecule has 0 aromatic carbocycles. The van der Waals surface area contributed by atoms with Gasteiger partial charge in [-0.25, -0.2) is 0 Å². The van der Waals surface area contributed by atoms with Crippen LogP contribution in [0, 0.1) is 11.8 Å². The Labute approximate surface area is 95.6 Å². The highest BCUT2D eigenvalue weighted by molar-refractivity contribution is 5.85. The lowest BCUT2D eigenvalue weighted by molar-refractivity contribution is -0.145. The van der Waals surface area contributed by atoms with Gasteiger partial charge in [-0.1, -0.05) is 13.8 Å². The first-order valence-electron chi connectivity index (χ1n) is 5.68. The molecule has 1 aliphatic rings. The first-order chi connectivity index (χ1) is 7.41. The summed E-state index contributed by atoms with van der Waals surface area (Å²) >= 11 is 0. The van der Waals surface area contributed by atoms with Crippen molar-refractivity contribution >= 4 is 11.9 Å². The van der Waals surface area contributed by atoms with E-state index in [9.17, 15) is 9.59 Å². The van der Waals surface area contributed by atoms with Crippen LogP contribution in [0.3, 0.4) is 0 Å². The van der Waals surface area contributed by atoms with E-state index in [0.29, 0.717) is 12.5 Å². The Morgan fingerprint density at radius 1 is 1.44 bits per heavy atom. The fourth-order valence-electron chi connectivity index (χ4n) is 1.50. The van der Waals surface area contributed by atoms with Crippen molar-refractivity contribution < 1.29 is 14.7 Å². The maximum atomic E-state index is 11.9. The van der Waals surface area contributed by atoms with Gasteiger partial charge in [-0.05, 0) is 24.7 Å². The monoisotopic (exact) mass is 228 g/mol. The van der Waals surface area contributed by atoms with E-state index in [1.165, 1.54) is 4.90 Å². The molecule has 1 fully saturated rings. The standard InChI is InChI=1S/C11H20N2O3/c1-7(2)10(12)11(16)13(6-9(14)15)5-8-3-4-8/h7-8,10H,3-6,12H2,1-2H3,(H,14,15)/t10-/m1/s1. The molecule has 92 valence electrons. The van der Waals surface area contributed by atoms with Gasteiger partial charge in [-0.15, -0.1) is 0 Å². The molecule has 5 nitrogen and oxygen atoms in total. The van der Waals surface area contributed by atoms with Gasteiger partial charge >= 0.3 is 5.97 Å². The summed E-state index contributed by atoms with van der Waals surface area (Å²) in [6.07, 6.45) is 2.17. The minimum absolute atomic E-state index is 0.0306. The van der Waals surface area contributed by atoms with Crippen LogP contribution >= 0.6 is 0 Å². The smallest absolute Gasteiger partial charge is 0.323 e. The zero-order valence-corrected chi connectivity index (χ0v) is 9.85. The fourth-order valence-corrected chi connectivity index (χ4v) is 1.50. The summed E-state index contributed by atoms with van der Waals surface area (Å²) in [5, 5.41) is 8.75. The fraction of sp³-hybridized carbons (Fsp3) is 0.818. The van der Waals surface area contributed by atoms with Crippen molar-refractivity contribution in [3.05, 3.63) is 0 Å². The highest BCUT2D eigenvalue weighted by Crippen LogP contribution is 2.29. The normalized spacial score (nSPS) is 17.2. The lowest BCUT2D eigenvalue weighted by atomic mass is 10.0. The van der Waals surface area contributed by atoms with E-state index >= 15 is 0 Å². The molecule has 3 N–H and O–H groups in total. The lowest BCUT2D eigenvalue weighted by Gasteiger charge is -2.25. The molecule has 1 atom stereocenters. The van der Waals surface area contributed by atoms with Crippen molar-refractivity contribution in [2.45, 2.75) is 32.7 Å². The highest BCUT2D eigenvalue weighted by atomic mass is 16.4. The van der Waals surface area contributed by atoms with Gasteiger partial charge in [-0.2, -0.15) is 0 Å². The van der Waals surface area contributed by atoms with Crippen molar-refractivity contribution in [3.8, 4) is 0 Å². The number of hydrogen-bond donors (Lipinski definition) is 2. The Hall–Kier alpha value is -1.10. The Balaban J connectivity index is 2.58. The number of rotatable bonds is 6. The molecule has 1 aliphatic carbocycles. The molecule has 0 unspecified atom stereocenters. The average molecular weight is 228 g/mol. The van der Waals surface area contributed by atoms with Gasteiger partial charge in [0.1, 0.15) is 6.54 Å². The zero-order chi connectivity index (χ0) is 12.3. The maximum Gasteiger partial charge on any atom is 0.323 e. The lowest BCUT2D eigenvalue weighted by Crippen LogP contribution is -2.48. The number of carboxylic acids is 1.